The number of nitrogens with two attached hydrogens (primary N) is 1. The monoisotopic (exact) mass is 189 g/mol. The van der Waals surface area contributed by atoms with E-state index in [2.05, 4.69) is 9.98 Å². The first-order valence-electron chi connectivity index (χ1n) is 4.13. The summed E-state index contributed by atoms with van der Waals surface area (Å²) < 4.78 is 0. The number of hydrogen-bond donors (Lipinski definition) is 1. The van der Waals surface area contributed by atoms with E-state index in [1.165, 1.54) is 19.3 Å². The van der Waals surface area contributed by atoms with Crippen LogP contribution in [0, 0.1) is 0 Å². The lowest BCUT2D eigenvalue weighted by Crippen LogP contribution is -2.09. The van der Waals surface area contributed by atoms with E-state index in [0.29, 0.717) is 5.84 Å². The van der Waals surface area contributed by atoms with Gasteiger partial charge in [0, 0.05) is 13.0 Å². The van der Waals surface area contributed by atoms with E-state index >= 15 is 0 Å². The summed E-state index contributed by atoms with van der Waals surface area (Å²) in [6.07, 6.45) is 4.67. The van der Waals surface area contributed by atoms with Crippen LogP contribution < -0.4 is 5.73 Å². The second-order valence-electron chi connectivity index (χ2n) is 2.86. The molecule has 0 saturated heterocycles. The van der Waals surface area contributed by atoms with Crippen LogP contribution in [-0.2, 0) is 0 Å². The number of halogens is 1. The maximum atomic E-state index is 5.44. The molecule has 70 valence electrons. The van der Waals surface area contributed by atoms with Crippen molar-refractivity contribution in [3.63, 3.8) is 0 Å². The van der Waals surface area contributed by atoms with Crippen LogP contribution in [0.1, 0.15) is 32.6 Å². The molecule has 0 bridgehead atoms. The van der Waals surface area contributed by atoms with Crippen molar-refractivity contribution in [1.29, 1.82) is 0 Å². The number of rotatable bonds is 0. The molecule has 12 heavy (non-hydrogen) atoms. The first-order chi connectivity index (χ1) is 5.29. The molecule has 0 radical (unpaired) electrons. The lowest BCUT2D eigenvalue weighted by Gasteiger charge is -1.95. The SMILES string of the molecule is CC(N)=NC1=NCCCCC1.Cl. The third-order valence-corrected chi connectivity index (χ3v) is 1.66. The standard InChI is InChI=1S/C8H15N3.ClH/c1-7(9)11-8-5-3-2-4-6-10-8;/h2-6H2,1H3,(H2,9,10,11);1H. The molecular weight excluding hydrogens is 174 g/mol. The lowest BCUT2D eigenvalue weighted by molar-refractivity contribution is 0.731. The van der Waals surface area contributed by atoms with Crippen LogP contribution in [0.4, 0.5) is 0 Å². The lowest BCUT2D eigenvalue weighted by atomic mass is 10.2. The van der Waals surface area contributed by atoms with Gasteiger partial charge in [-0.3, -0.25) is 4.99 Å². The smallest absolute Gasteiger partial charge is 0.125 e. The number of hydrogen-bond acceptors (Lipinski definition) is 2. The highest BCUT2D eigenvalue weighted by atomic mass is 35.5. The molecule has 0 unspecified atom stereocenters. The topological polar surface area (TPSA) is 50.7 Å². The van der Waals surface area contributed by atoms with Gasteiger partial charge in [0.15, 0.2) is 0 Å². The number of aliphatic imine (C=N–C) groups is 2. The van der Waals surface area contributed by atoms with Crippen molar-refractivity contribution >= 4 is 24.1 Å². The van der Waals surface area contributed by atoms with Crippen LogP contribution in [0.25, 0.3) is 0 Å². The van der Waals surface area contributed by atoms with Crippen molar-refractivity contribution in [3.05, 3.63) is 0 Å². The highest BCUT2D eigenvalue weighted by Crippen LogP contribution is 2.07. The molecule has 2 N–H and O–H groups in total. The first-order valence-corrected chi connectivity index (χ1v) is 4.13. The first kappa shape index (κ1) is 11.4. The molecule has 0 spiro atoms. The Kier molecular flexibility index (Phi) is 5.72. The minimum atomic E-state index is 0. The Morgan fingerprint density at radius 2 is 2.17 bits per heavy atom. The van der Waals surface area contributed by atoms with Crippen LogP contribution in [0.2, 0.25) is 0 Å². The molecule has 1 rings (SSSR count). The van der Waals surface area contributed by atoms with Gasteiger partial charge in [-0.25, -0.2) is 4.99 Å². The summed E-state index contributed by atoms with van der Waals surface area (Å²) in [5, 5.41) is 0. The maximum Gasteiger partial charge on any atom is 0.125 e. The van der Waals surface area contributed by atoms with Gasteiger partial charge < -0.3 is 5.73 Å². The molecule has 0 atom stereocenters. The predicted molar refractivity (Wildman–Crippen MR) is 55.3 cm³/mol. The quantitative estimate of drug-likeness (QED) is 0.458. The van der Waals surface area contributed by atoms with Crippen LogP contribution in [0.15, 0.2) is 9.98 Å². The van der Waals surface area contributed by atoms with E-state index in [1.807, 2.05) is 0 Å². The third-order valence-electron chi connectivity index (χ3n) is 1.66. The minimum Gasteiger partial charge on any atom is -0.387 e. The molecule has 0 aromatic carbocycles. The fraction of sp³-hybridized carbons (Fsp3) is 0.750. The van der Waals surface area contributed by atoms with Crippen LogP contribution in [0.3, 0.4) is 0 Å². The molecule has 0 aliphatic carbocycles. The van der Waals surface area contributed by atoms with E-state index < -0.39 is 0 Å². The number of amidine groups is 2. The zero-order chi connectivity index (χ0) is 8.10. The van der Waals surface area contributed by atoms with Crippen LogP contribution in [-0.4, -0.2) is 18.2 Å². The predicted octanol–water partition coefficient (Wildman–Crippen LogP) is 1.76. The second kappa shape index (κ2) is 6.00. The molecule has 4 heteroatoms. The summed E-state index contributed by atoms with van der Waals surface area (Å²) in [5.41, 5.74) is 5.44. The summed E-state index contributed by atoms with van der Waals surface area (Å²) in [6.45, 7) is 2.72. The number of nitrogens with zero attached hydrogens (tertiary/aromatic N) is 2. The van der Waals surface area contributed by atoms with Crippen molar-refractivity contribution in [3.8, 4) is 0 Å². The second-order valence-corrected chi connectivity index (χ2v) is 2.86. The van der Waals surface area contributed by atoms with Crippen molar-refractivity contribution < 1.29 is 0 Å². The Morgan fingerprint density at radius 3 is 2.83 bits per heavy atom. The summed E-state index contributed by atoms with van der Waals surface area (Å²) in [5.74, 6) is 1.55. The van der Waals surface area contributed by atoms with Gasteiger partial charge in [-0.05, 0) is 19.8 Å². The van der Waals surface area contributed by atoms with E-state index in [4.69, 9.17) is 5.73 Å². The molecule has 1 heterocycles. The average Bonchev–Trinajstić information content (AvgIpc) is 2.14. The van der Waals surface area contributed by atoms with Crippen molar-refractivity contribution in [2.75, 3.05) is 6.54 Å². The van der Waals surface area contributed by atoms with Crippen molar-refractivity contribution in [2.24, 2.45) is 15.7 Å². The Hall–Kier alpha value is -0.570. The Labute approximate surface area is 79.6 Å². The summed E-state index contributed by atoms with van der Waals surface area (Å²) in [6, 6.07) is 0. The average molecular weight is 190 g/mol. The molecule has 0 amide bonds. The van der Waals surface area contributed by atoms with Crippen molar-refractivity contribution in [1.82, 2.24) is 0 Å². The van der Waals surface area contributed by atoms with Gasteiger partial charge in [0.25, 0.3) is 0 Å². The zero-order valence-electron chi connectivity index (χ0n) is 7.42. The maximum absolute atomic E-state index is 5.44. The van der Waals surface area contributed by atoms with Crippen LogP contribution >= 0.6 is 12.4 Å². The highest BCUT2D eigenvalue weighted by Gasteiger charge is 2.01. The normalized spacial score (nSPS) is 19.1. The Morgan fingerprint density at radius 1 is 1.42 bits per heavy atom. The fourth-order valence-electron chi connectivity index (χ4n) is 1.15. The molecule has 0 saturated carbocycles. The van der Waals surface area contributed by atoms with Gasteiger partial charge in [-0.1, -0.05) is 6.42 Å². The molecule has 1 aliphatic heterocycles. The molecule has 0 aromatic rings. The largest absolute Gasteiger partial charge is 0.387 e. The minimum absolute atomic E-state index is 0. The Bertz CT molecular complexity index is 183. The van der Waals surface area contributed by atoms with Gasteiger partial charge in [-0.2, -0.15) is 0 Å². The summed E-state index contributed by atoms with van der Waals surface area (Å²) >= 11 is 0. The molecule has 1 aliphatic rings. The van der Waals surface area contributed by atoms with Crippen LogP contribution in [0.5, 0.6) is 0 Å². The van der Waals surface area contributed by atoms with Gasteiger partial charge in [0.05, 0.1) is 5.84 Å². The summed E-state index contributed by atoms with van der Waals surface area (Å²) in [4.78, 5) is 8.45. The molecular formula is C8H16ClN3. The van der Waals surface area contributed by atoms with E-state index in [0.717, 1.165) is 18.8 Å². The van der Waals surface area contributed by atoms with Crippen molar-refractivity contribution in [2.45, 2.75) is 32.6 Å². The van der Waals surface area contributed by atoms with E-state index in [9.17, 15) is 0 Å². The van der Waals surface area contributed by atoms with E-state index in [-0.39, 0.29) is 12.4 Å². The van der Waals surface area contributed by atoms with E-state index in [1.54, 1.807) is 6.92 Å². The highest BCUT2D eigenvalue weighted by molar-refractivity contribution is 5.95. The Balaban J connectivity index is 0.00000121. The van der Waals surface area contributed by atoms with Gasteiger partial charge in [0.2, 0.25) is 0 Å². The summed E-state index contributed by atoms with van der Waals surface area (Å²) in [7, 11) is 0. The van der Waals surface area contributed by atoms with Gasteiger partial charge >= 0.3 is 0 Å². The van der Waals surface area contributed by atoms with Gasteiger partial charge in [0.1, 0.15) is 5.84 Å². The zero-order valence-corrected chi connectivity index (χ0v) is 8.23. The molecule has 0 fully saturated rings. The molecule has 3 nitrogen and oxygen atoms in total. The molecule has 0 aromatic heterocycles. The third kappa shape index (κ3) is 4.34. The van der Waals surface area contributed by atoms with Gasteiger partial charge in [-0.15, -0.1) is 12.4 Å². The fourth-order valence-corrected chi connectivity index (χ4v) is 1.15.